The van der Waals surface area contributed by atoms with Crippen LogP contribution in [0.3, 0.4) is 0 Å². The standard InChI is InChI=1S/C11H16N2/c1-5-10-9(4)12-7-8(3)13-11(10)6-2/h5-6,13H,3,7H2,1-2,4H3/b10-5-,11-6+. The largest absolute Gasteiger partial charge is 0.358 e. The van der Waals surface area contributed by atoms with Gasteiger partial charge in [-0.1, -0.05) is 18.7 Å². The number of nitrogens with one attached hydrogen (secondary N) is 1. The van der Waals surface area contributed by atoms with E-state index in [9.17, 15) is 0 Å². The van der Waals surface area contributed by atoms with Crippen molar-refractivity contribution in [3.05, 3.63) is 35.7 Å². The molecule has 0 atom stereocenters. The van der Waals surface area contributed by atoms with Gasteiger partial charge in [0.2, 0.25) is 0 Å². The van der Waals surface area contributed by atoms with Crippen LogP contribution in [0.5, 0.6) is 0 Å². The molecule has 1 N–H and O–H groups in total. The molecule has 0 aromatic carbocycles. The fourth-order valence-corrected chi connectivity index (χ4v) is 1.38. The van der Waals surface area contributed by atoms with Gasteiger partial charge in [0, 0.05) is 22.7 Å². The van der Waals surface area contributed by atoms with Gasteiger partial charge >= 0.3 is 0 Å². The normalized spacial score (nSPS) is 24.2. The average Bonchev–Trinajstić information content (AvgIpc) is 2.26. The lowest BCUT2D eigenvalue weighted by atomic mass is 10.1. The highest BCUT2D eigenvalue weighted by Gasteiger charge is 2.11. The Labute approximate surface area is 79.8 Å². The van der Waals surface area contributed by atoms with E-state index in [0.717, 1.165) is 17.1 Å². The molecular formula is C11H16N2. The first-order chi connectivity index (χ1) is 6.19. The van der Waals surface area contributed by atoms with Crippen LogP contribution in [0.1, 0.15) is 20.8 Å². The van der Waals surface area contributed by atoms with Gasteiger partial charge in [0.15, 0.2) is 0 Å². The number of nitrogens with zero attached hydrogens (tertiary/aromatic N) is 1. The lowest BCUT2D eigenvalue weighted by Crippen LogP contribution is -2.14. The summed E-state index contributed by atoms with van der Waals surface area (Å²) in [5.74, 6) is 0. The summed E-state index contributed by atoms with van der Waals surface area (Å²) in [4.78, 5) is 4.40. The van der Waals surface area contributed by atoms with E-state index in [0.29, 0.717) is 6.54 Å². The summed E-state index contributed by atoms with van der Waals surface area (Å²) in [6.45, 7) is 10.6. The van der Waals surface area contributed by atoms with E-state index in [1.165, 1.54) is 5.57 Å². The third-order valence-corrected chi connectivity index (χ3v) is 2.08. The van der Waals surface area contributed by atoms with Crippen molar-refractivity contribution in [3.8, 4) is 0 Å². The van der Waals surface area contributed by atoms with Gasteiger partial charge in [0.05, 0.1) is 6.54 Å². The van der Waals surface area contributed by atoms with Crippen LogP contribution < -0.4 is 5.32 Å². The Bertz CT molecular complexity index is 306. The Balaban J connectivity index is 3.10. The molecule has 0 spiro atoms. The van der Waals surface area contributed by atoms with Crippen molar-refractivity contribution in [2.24, 2.45) is 4.99 Å². The molecule has 2 heteroatoms. The first-order valence-corrected chi connectivity index (χ1v) is 4.48. The molecule has 0 radical (unpaired) electrons. The molecule has 0 amide bonds. The summed E-state index contributed by atoms with van der Waals surface area (Å²) < 4.78 is 0. The van der Waals surface area contributed by atoms with Gasteiger partial charge in [0.25, 0.3) is 0 Å². The van der Waals surface area contributed by atoms with Gasteiger partial charge in [-0.3, -0.25) is 4.99 Å². The molecule has 0 bridgehead atoms. The van der Waals surface area contributed by atoms with Gasteiger partial charge in [-0.05, 0) is 20.8 Å². The quantitative estimate of drug-likeness (QED) is 0.602. The predicted octanol–water partition coefficient (Wildman–Crippen LogP) is 2.41. The first-order valence-electron chi connectivity index (χ1n) is 4.48. The minimum Gasteiger partial charge on any atom is -0.358 e. The zero-order chi connectivity index (χ0) is 9.84. The molecule has 0 aliphatic carbocycles. The Morgan fingerprint density at radius 2 is 2.08 bits per heavy atom. The van der Waals surface area contributed by atoms with Crippen molar-refractivity contribution in [2.45, 2.75) is 20.8 Å². The summed E-state index contributed by atoms with van der Waals surface area (Å²) in [6, 6.07) is 0. The summed E-state index contributed by atoms with van der Waals surface area (Å²) in [6.07, 6.45) is 4.12. The van der Waals surface area contributed by atoms with Gasteiger partial charge in [-0.15, -0.1) is 0 Å². The number of aliphatic imine (C=N–C) groups is 1. The SMILES string of the molecule is C=C1CN=C(C)C(=C/C)/C(=C\C)N1. The fourth-order valence-electron chi connectivity index (χ4n) is 1.38. The molecule has 13 heavy (non-hydrogen) atoms. The molecule has 0 saturated carbocycles. The van der Waals surface area contributed by atoms with E-state index in [-0.39, 0.29) is 0 Å². The molecule has 0 saturated heterocycles. The minimum absolute atomic E-state index is 0.667. The fraction of sp³-hybridized carbons (Fsp3) is 0.364. The van der Waals surface area contributed by atoms with Crippen LogP contribution in [0.2, 0.25) is 0 Å². The minimum atomic E-state index is 0.667. The number of hydrogen-bond acceptors (Lipinski definition) is 2. The predicted molar refractivity (Wildman–Crippen MR) is 57.8 cm³/mol. The smallest absolute Gasteiger partial charge is 0.0787 e. The zero-order valence-corrected chi connectivity index (χ0v) is 8.52. The molecule has 2 nitrogen and oxygen atoms in total. The third-order valence-electron chi connectivity index (χ3n) is 2.08. The van der Waals surface area contributed by atoms with Crippen LogP contribution >= 0.6 is 0 Å². The van der Waals surface area contributed by atoms with Crippen molar-refractivity contribution in [3.63, 3.8) is 0 Å². The molecule has 1 aliphatic rings. The van der Waals surface area contributed by atoms with Gasteiger partial charge < -0.3 is 5.32 Å². The summed E-state index contributed by atoms with van der Waals surface area (Å²) in [5.41, 5.74) is 4.29. The molecule has 1 heterocycles. The lowest BCUT2D eigenvalue weighted by molar-refractivity contribution is 0.955. The monoisotopic (exact) mass is 176 g/mol. The molecular weight excluding hydrogens is 160 g/mol. The van der Waals surface area contributed by atoms with Crippen LogP contribution in [0, 0.1) is 0 Å². The van der Waals surface area contributed by atoms with Crippen molar-refractivity contribution < 1.29 is 0 Å². The van der Waals surface area contributed by atoms with Crippen LogP contribution in [-0.2, 0) is 0 Å². The molecule has 1 rings (SSSR count). The van der Waals surface area contributed by atoms with Gasteiger partial charge in [-0.25, -0.2) is 0 Å². The maximum atomic E-state index is 4.40. The van der Waals surface area contributed by atoms with E-state index in [4.69, 9.17) is 0 Å². The average molecular weight is 176 g/mol. The van der Waals surface area contributed by atoms with E-state index >= 15 is 0 Å². The molecule has 0 aromatic rings. The second-order valence-corrected chi connectivity index (χ2v) is 3.03. The van der Waals surface area contributed by atoms with Crippen molar-refractivity contribution in [1.29, 1.82) is 0 Å². The Kier molecular flexibility index (Phi) is 3.07. The Morgan fingerprint density at radius 1 is 1.38 bits per heavy atom. The van der Waals surface area contributed by atoms with Crippen LogP contribution in [0.15, 0.2) is 40.7 Å². The third kappa shape index (κ3) is 2.08. The summed E-state index contributed by atoms with van der Waals surface area (Å²) >= 11 is 0. The first kappa shape index (κ1) is 9.78. The van der Waals surface area contributed by atoms with Crippen molar-refractivity contribution >= 4 is 5.71 Å². The van der Waals surface area contributed by atoms with E-state index < -0.39 is 0 Å². The van der Waals surface area contributed by atoms with E-state index in [1.807, 2.05) is 26.8 Å². The van der Waals surface area contributed by atoms with Crippen molar-refractivity contribution in [2.75, 3.05) is 6.54 Å². The van der Waals surface area contributed by atoms with E-state index in [2.05, 4.69) is 23.0 Å². The maximum Gasteiger partial charge on any atom is 0.0787 e. The second kappa shape index (κ2) is 4.08. The highest BCUT2D eigenvalue weighted by molar-refractivity contribution is 6.02. The van der Waals surface area contributed by atoms with Crippen LogP contribution in [0.4, 0.5) is 0 Å². The van der Waals surface area contributed by atoms with Crippen LogP contribution in [-0.4, -0.2) is 12.3 Å². The van der Waals surface area contributed by atoms with Crippen LogP contribution in [0.25, 0.3) is 0 Å². The van der Waals surface area contributed by atoms with Gasteiger partial charge in [0.1, 0.15) is 0 Å². The zero-order valence-electron chi connectivity index (χ0n) is 8.52. The second-order valence-electron chi connectivity index (χ2n) is 3.03. The van der Waals surface area contributed by atoms with Gasteiger partial charge in [-0.2, -0.15) is 0 Å². The Morgan fingerprint density at radius 3 is 2.62 bits per heavy atom. The van der Waals surface area contributed by atoms with Crippen molar-refractivity contribution in [1.82, 2.24) is 5.32 Å². The topological polar surface area (TPSA) is 24.4 Å². The number of hydrogen-bond donors (Lipinski definition) is 1. The highest BCUT2D eigenvalue weighted by atomic mass is 15.0. The highest BCUT2D eigenvalue weighted by Crippen LogP contribution is 2.14. The maximum absolute atomic E-state index is 4.40. The molecule has 70 valence electrons. The molecule has 0 unspecified atom stereocenters. The lowest BCUT2D eigenvalue weighted by Gasteiger charge is -2.10. The summed E-state index contributed by atoms with van der Waals surface area (Å²) in [7, 11) is 0. The molecule has 0 aromatic heterocycles. The summed E-state index contributed by atoms with van der Waals surface area (Å²) in [5, 5.41) is 3.24. The number of rotatable bonds is 0. The molecule has 0 fully saturated rings. The van der Waals surface area contributed by atoms with E-state index in [1.54, 1.807) is 0 Å². The Hall–Kier alpha value is -1.31. The number of allylic oxidation sites excluding steroid dienone is 3. The molecule has 1 aliphatic heterocycles.